The Balaban J connectivity index is 1.68. The van der Waals surface area contributed by atoms with Crippen LogP contribution < -0.4 is 0 Å². The average Bonchev–Trinajstić information content (AvgIpc) is 2.22. The summed E-state index contributed by atoms with van der Waals surface area (Å²) >= 11 is 5.05. The molecule has 0 atom stereocenters. The molecule has 2 nitrogen and oxygen atoms in total. The highest BCUT2D eigenvalue weighted by atomic mass is 79.9. The van der Waals surface area contributed by atoms with Crippen molar-refractivity contribution in [2.75, 3.05) is 13.1 Å². The summed E-state index contributed by atoms with van der Waals surface area (Å²) in [5, 5.41) is 0. The van der Waals surface area contributed by atoms with Crippen LogP contribution in [0.1, 0.15) is 26.3 Å². The van der Waals surface area contributed by atoms with Gasteiger partial charge in [-0.05, 0) is 50.5 Å². The molecular formula is C14H20BrNOS. The van der Waals surface area contributed by atoms with Crippen molar-refractivity contribution in [3.63, 3.8) is 0 Å². The third-order valence-electron chi connectivity index (χ3n) is 2.68. The van der Waals surface area contributed by atoms with Crippen LogP contribution in [0.2, 0.25) is 0 Å². The van der Waals surface area contributed by atoms with E-state index in [1.807, 2.05) is 0 Å². The molecule has 0 spiro atoms. The lowest BCUT2D eigenvalue weighted by atomic mass is 10.1. The van der Waals surface area contributed by atoms with Crippen LogP contribution in [0.15, 0.2) is 28.7 Å². The second-order valence-corrected chi connectivity index (χ2v) is 8.23. The van der Waals surface area contributed by atoms with Crippen LogP contribution in [0, 0.1) is 0 Å². The summed E-state index contributed by atoms with van der Waals surface area (Å²) in [5.41, 5.74) is 1.36. The maximum Gasteiger partial charge on any atom is 0.0975 e. The monoisotopic (exact) mass is 329 g/mol. The van der Waals surface area contributed by atoms with Gasteiger partial charge < -0.3 is 4.18 Å². The van der Waals surface area contributed by atoms with Crippen molar-refractivity contribution in [3.8, 4) is 0 Å². The minimum Gasteiger partial charge on any atom is -0.309 e. The Morgan fingerprint density at radius 1 is 1.28 bits per heavy atom. The molecule has 0 unspecified atom stereocenters. The Morgan fingerprint density at radius 3 is 2.44 bits per heavy atom. The highest BCUT2D eigenvalue weighted by Crippen LogP contribution is 2.28. The van der Waals surface area contributed by atoms with Gasteiger partial charge in [-0.25, -0.2) is 0 Å². The molecule has 1 aliphatic heterocycles. The first-order valence-electron chi connectivity index (χ1n) is 6.24. The van der Waals surface area contributed by atoms with Gasteiger partial charge >= 0.3 is 0 Å². The molecule has 0 N–H and O–H groups in total. The van der Waals surface area contributed by atoms with Crippen LogP contribution in [0.4, 0.5) is 0 Å². The molecule has 0 aliphatic carbocycles. The molecule has 0 aromatic heterocycles. The van der Waals surface area contributed by atoms with Crippen molar-refractivity contribution >= 4 is 28.0 Å². The molecule has 1 aromatic rings. The number of rotatable bonds is 4. The minimum absolute atomic E-state index is 0.187. The number of halogens is 1. The van der Waals surface area contributed by atoms with Crippen LogP contribution in [-0.4, -0.2) is 28.8 Å². The molecule has 2 rings (SSSR count). The molecule has 4 heteroatoms. The van der Waals surface area contributed by atoms with Crippen molar-refractivity contribution in [3.05, 3.63) is 34.3 Å². The first kappa shape index (κ1) is 14.4. The van der Waals surface area contributed by atoms with Crippen molar-refractivity contribution in [2.45, 2.75) is 38.2 Å². The van der Waals surface area contributed by atoms with E-state index in [0.717, 1.165) is 24.1 Å². The fraction of sp³-hybridized carbons (Fsp3) is 0.571. The summed E-state index contributed by atoms with van der Waals surface area (Å²) in [6.45, 7) is 9.63. The number of nitrogens with zero attached hydrogens (tertiary/aromatic N) is 1. The molecule has 1 heterocycles. The van der Waals surface area contributed by atoms with Gasteiger partial charge in [-0.15, -0.1) is 0 Å². The van der Waals surface area contributed by atoms with Crippen molar-refractivity contribution < 1.29 is 4.18 Å². The summed E-state index contributed by atoms with van der Waals surface area (Å²) in [6, 6.07) is 8.53. The lowest BCUT2D eigenvalue weighted by molar-refractivity contribution is 0.0267. The quantitative estimate of drug-likeness (QED) is 0.772. The molecule has 100 valence electrons. The van der Waals surface area contributed by atoms with Crippen LogP contribution in [0.5, 0.6) is 0 Å². The Morgan fingerprint density at radius 2 is 1.89 bits per heavy atom. The zero-order valence-electron chi connectivity index (χ0n) is 11.1. The molecule has 0 radical (unpaired) electrons. The van der Waals surface area contributed by atoms with Crippen molar-refractivity contribution in [1.82, 2.24) is 4.90 Å². The van der Waals surface area contributed by atoms with E-state index in [1.165, 1.54) is 5.56 Å². The molecule has 0 amide bonds. The lowest BCUT2D eigenvalue weighted by Crippen LogP contribution is -2.50. The van der Waals surface area contributed by atoms with E-state index in [9.17, 15) is 0 Å². The normalized spacial score (nSPS) is 17.8. The van der Waals surface area contributed by atoms with Gasteiger partial charge in [0, 0.05) is 28.9 Å². The summed E-state index contributed by atoms with van der Waals surface area (Å²) in [5.74, 6) is 0. The largest absolute Gasteiger partial charge is 0.309 e. The maximum absolute atomic E-state index is 5.80. The second-order valence-electron chi connectivity index (χ2n) is 5.73. The van der Waals surface area contributed by atoms with E-state index in [4.69, 9.17) is 4.18 Å². The number of hydrogen-bond donors (Lipinski definition) is 0. The summed E-state index contributed by atoms with van der Waals surface area (Å²) < 4.78 is 7.12. The van der Waals surface area contributed by atoms with Gasteiger partial charge in [-0.2, -0.15) is 0 Å². The fourth-order valence-electron chi connectivity index (χ4n) is 1.77. The third-order valence-corrected chi connectivity index (χ3v) is 4.07. The Labute approximate surface area is 122 Å². The van der Waals surface area contributed by atoms with E-state index < -0.39 is 0 Å². The zero-order chi connectivity index (χ0) is 13.2. The average molecular weight is 330 g/mol. The van der Waals surface area contributed by atoms with Gasteiger partial charge in [-0.3, -0.25) is 4.90 Å². The van der Waals surface area contributed by atoms with E-state index in [2.05, 4.69) is 65.9 Å². The second kappa shape index (κ2) is 5.95. The van der Waals surface area contributed by atoms with Crippen LogP contribution in [0.25, 0.3) is 0 Å². The molecule has 1 saturated heterocycles. The fourth-order valence-corrected chi connectivity index (χ4v) is 2.58. The highest BCUT2D eigenvalue weighted by molar-refractivity contribution is 9.10. The first-order chi connectivity index (χ1) is 8.42. The number of benzene rings is 1. The summed E-state index contributed by atoms with van der Waals surface area (Å²) in [6.07, 6.45) is 0.393. The van der Waals surface area contributed by atoms with Gasteiger partial charge in [0.1, 0.15) is 0 Å². The first-order valence-corrected chi connectivity index (χ1v) is 7.77. The van der Waals surface area contributed by atoms with Crippen LogP contribution >= 0.6 is 28.0 Å². The highest BCUT2D eigenvalue weighted by Gasteiger charge is 2.29. The van der Waals surface area contributed by atoms with E-state index in [1.54, 1.807) is 12.0 Å². The number of hydrogen-bond acceptors (Lipinski definition) is 3. The van der Waals surface area contributed by atoms with Crippen molar-refractivity contribution in [2.24, 2.45) is 0 Å². The molecule has 18 heavy (non-hydrogen) atoms. The molecule has 1 fully saturated rings. The topological polar surface area (TPSA) is 12.5 Å². The third kappa shape index (κ3) is 4.57. The zero-order valence-corrected chi connectivity index (χ0v) is 13.6. The van der Waals surface area contributed by atoms with Gasteiger partial charge in [0.05, 0.1) is 6.10 Å². The maximum atomic E-state index is 5.80. The van der Waals surface area contributed by atoms with E-state index >= 15 is 0 Å². The van der Waals surface area contributed by atoms with Crippen LogP contribution in [0.3, 0.4) is 0 Å². The van der Waals surface area contributed by atoms with Gasteiger partial charge in [-0.1, -0.05) is 28.1 Å². The van der Waals surface area contributed by atoms with Gasteiger partial charge in [0.25, 0.3) is 0 Å². The standard InChI is InChI=1S/C14H20BrNOS/c1-14(2,3)18-17-13-9-16(10-13)8-11-4-6-12(15)7-5-11/h4-7,13H,8-10H2,1-3H3. The Kier molecular flexibility index (Phi) is 4.75. The number of likely N-dealkylation sites (tertiary alicyclic amines) is 1. The SMILES string of the molecule is CC(C)(C)SOC1CN(Cc2ccc(Br)cc2)C1. The molecule has 1 aromatic carbocycles. The lowest BCUT2D eigenvalue weighted by Gasteiger charge is -2.39. The summed E-state index contributed by atoms with van der Waals surface area (Å²) in [4.78, 5) is 2.41. The van der Waals surface area contributed by atoms with Crippen molar-refractivity contribution in [1.29, 1.82) is 0 Å². The predicted molar refractivity (Wildman–Crippen MR) is 81.6 cm³/mol. The minimum atomic E-state index is 0.187. The summed E-state index contributed by atoms with van der Waals surface area (Å²) in [7, 11) is 0. The smallest absolute Gasteiger partial charge is 0.0975 e. The molecule has 1 aliphatic rings. The van der Waals surface area contributed by atoms with Gasteiger partial charge in [0.2, 0.25) is 0 Å². The van der Waals surface area contributed by atoms with E-state index in [0.29, 0.717) is 6.10 Å². The van der Waals surface area contributed by atoms with Gasteiger partial charge in [0.15, 0.2) is 0 Å². The Bertz CT molecular complexity index is 382. The predicted octanol–water partition coefficient (Wildman–Crippen LogP) is 4.10. The Hall–Kier alpha value is -0.0300. The molecule has 0 bridgehead atoms. The molecular weight excluding hydrogens is 310 g/mol. The van der Waals surface area contributed by atoms with E-state index in [-0.39, 0.29) is 4.75 Å². The molecule has 0 saturated carbocycles. The van der Waals surface area contributed by atoms with Crippen LogP contribution in [-0.2, 0) is 10.7 Å².